The van der Waals surface area contributed by atoms with Crippen molar-refractivity contribution in [3.63, 3.8) is 0 Å². The highest BCUT2D eigenvalue weighted by Gasteiger charge is 2.17. The number of hydrogen-bond acceptors (Lipinski definition) is 1. The van der Waals surface area contributed by atoms with Crippen molar-refractivity contribution in [1.82, 2.24) is 10.3 Å². The predicted molar refractivity (Wildman–Crippen MR) is 103 cm³/mol. The topological polar surface area (TPSA) is 27.8 Å². The molecule has 1 aromatic heterocycles. The maximum absolute atomic E-state index is 14.5. The van der Waals surface area contributed by atoms with Crippen LogP contribution >= 0.6 is 0 Å². The average molecular weight is 332 g/mol. The Morgan fingerprint density at radius 1 is 0.920 bits per heavy atom. The van der Waals surface area contributed by atoms with Crippen molar-refractivity contribution in [3.05, 3.63) is 83.8 Å². The maximum Gasteiger partial charge on any atom is 0.147 e. The minimum absolute atomic E-state index is 0.158. The molecule has 0 radical (unpaired) electrons. The lowest BCUT2D eigenvalue weighted by Crippen LogP contribution is -2.13. The molecule has 25 heavy (non-hydrogen) atoms. The molecular weight excluding hydrogens is 311 g/mol. The summed E-state index contributed by atoms with van der Waals surface area (Å²) in [4.78, 5) is 2.97. The van der Waals surface area contributed by atoms with Crippen LogP contribution in [0.2, 0.25) is 0 Å². The summed E-state index contributed by atoms with van der Waals surface area (Å²) >= 11 is 0. The molecule has 0 bridgehead atoms. The molecule has 2 nitrogen and oxygen atoms in total. The molecule has 126 valence electrons. The summed E-state index contributed by atoms with van der Waals surface area (Å²) < 4.78 is 14.5. The van der Waals surface area contributed by atoms with E-state index in [0.29, 0.717) is 5.52 Å². The smallest absolute Gasteiger partial charge is 0.147 e. The van der Waals surface area contributed by atoms with Crippen molar-refractivity contribution in [3.8, 4) is 0 Å². The van der Waals surface area contributed by atoms with Gasteiger partial charge in [0.05, 0.1) is 5.52 Å². The molecular formula is C22H21FN2. The van der Waals surface area contributed by atoms with Crippen molar-refractivity contribution < 1.29 is 4.39 Å². The molecule has 1 heterocycles. The highest BCUT2D eigenvalue weighted by Crippen LogP contribution is 2.32. The number of aromatic nitrogens is 1. The van der Waals surface area contributed by atoms with E-state index in [2.05, 4.69) is 58.8 Å². The van der Waals surface area contributed by atoms with E-state index < -0.39 is 0 Å². The van der Waals surface area contributed by atoms with Crippen LogP contribution in [0.3, 0.4) is 0 Å². The largest absolute Gasteiger partial charge is 0.359 e. The van der Waals surface area contributed by atoms with Gasteiger partial charge in [-0.25, -0.2) is 4.39 Å². The zero-order chi connectivity index (χ0) is 17.2. The molecule has 0 aliphatic rings. The van der Waals surface area contributed by atoms with E-state index in [1.165, 1.54) is 16.3 Å². The van der Waals surface area contributed by atoms with Crippen molar-refractivity contribution in [2.75, 3.05) is 13.6 Å². The Morgan fingerprint density at radius 3 is 2.56 bits per heavy atom. The lowest BCUT2D eigenvalue weighted by Gasteiger charge is -2.19. The van der Waals surface area contributed by atoms with E-state index in [1.807, 2.05) is 13.1 Å². The zero-order valence-electron chi connectivity index (χ0n) is 14.2. The average Bonchev–Trinajstić information content (AvgIpc) is 3.11. The first kappa shape index (κ1) is 15.9. The highest BCUT2D eigenvalue weighted by atomic mass is 19.1. The molecule has 0 saturated heterocycles. The van der Waals surface area contributed by atoms with Crippen LogP contribution in [0.1, 0.15) is 23.5 Å². The van der Waals surface area contributed by atoms with Gasteiger partial charge in [0.25, 0.3) is 0 Å². The van der Waals surface area contributed by atoms with Crippen molar-refractivity contribution in [1.29, 1.82) is 0 Å². The van der Waals surface area contributed by atoms with Gasteiger partial charge in [-0.3, -0.25) is 0 Å². The van der Waals surface area contributed by atoms with Crippen LogP contribution < -0.4 is 5.32 Å². The first-order chi connectivity index (χ1) is 12.3. The molecule has 3 heteroatoms. The van der Waals surface area contributed by atoms with Gasteiger partial charge >= 0.3 is 0 Å². The number of benzene rings is 3. The number of fused-ring (bicyclic) bond motifs is 2. The zero-order valence-corrected chi connectivity index (χ0v) is 14.2. The summed E-state index contributed by atoms with van der Waals surface area (Å²) in [5.74, 6) is -0.0291. The Balaban J connectivity index is 1.82. The van der Waals surface area contributed by atoms with Crippen molar-refractivity contribution in [2.24, 2.45) is 0 Å². The molecule has 3 aromatic carbocycles. The first-order valence-electron chi connectivity index (χ1n) is 8.66. The van der Waals surface area contributed by atoms with Crippen molar-refractivity contribution in [2.45, 2.75) is 12.3 Å². The van der Waals surface area contributed by atoms with Gasteiger partial charge in [0, 0.05) is 17.5 Å². The number of H-pyrrole nitrogens is 1. The molecule has 4 aromatic rings. The summed E-state index contributed by atoms with van der Waals surface area (Å²) in [7, 11) is 1.95. The fourth-order valence-electron chi connectivity index (χ4n) is 3.59. The van der Waals surface area contributed by atoms with Crippen LogP contribution in [0.5, 0.6) is 0 Å². The Labute approximate surface area is 146 Å². The SMILES string of the molecule is CNCCC(c1ccc2ccccc2c1)c1cc(F)c2[nH]ccc2c1. The van der Waals surface area contributed by atoms with Crippen LogP contribution in [0.4, 0.5) is 4.39 Å². The van der Waals surface area contributed by atoms with Gasteiger partial charge in [-0.05, 0) is 60.1 Å². The quantitative estimate of drug-likeness (QED) is 0.516. The monoisotopic (exact) mass is 332 g/mol. The predicted octanol–water partition coefficient (Wildman–Crippen LogP) is 5.20. The summed E-state index contributed by atoms with van der Waals surface area (Å²) in [6, 6.07) is 20.6. The summed E-state index contributed by atoms with van der Waals surface area (Å²) in [6.45, 7) is 0.879. The lowest BCUT2D eigenvalue weighted by molar-refractivity contribution is 0.624. The van der Waals surface area contributed by atoms with E-state index >= 15 is 0 Å². The van der Waals surface area contributed by atoms with E-state index in [-0.39, 0.29) is 11.7 Å². The van der Waals surface area contributed by atoms with Crippen LogP contribution in [-0.4, -0.2) is 18.6 Å². The summed E-state index contributed by atoms with van der Waals surface area (Å²) in [5.41, 5.74) is 2.83. The van der Waals surface area contributed by atoms with Crippen LogP contribution in [0, 0.1) is 5.82 Å². The molecule has 0 aliphatic carbocycles. The second-order valence-corrected chi connectivity index (χ2v) is 6.50. The lowest BCUT2D eigenvalue weighted by atomic mass is 9.87. The van der Waals surface area contributed by atoms with Gasteiger partial charge < -0.3 is 10.3 Å². The molecule has 0 amide bonds. The van der Waals surface area contributed by atoms with Crippen LogP contribution in [0.15, 0.2) is 66.9 Å². The molecule has 0 aliphatic heterocycles. The maximum atomic E-state index is 14.5. The van der Waals surface area contributed by atoms with E-state index in [9.17, 15) is 4.39 Å². The van der Waals surface area contributed by atoms with E-state index in [1.54, 1.807) is 12.3 Å². The third-order valence-corrected chi connectivity index (χ3v) is 4.89. The second-order valence-electron chi connectivity index (χ2n) is 6.50. The second kappa shape index (κ2) is 6.69. The van der Waals surface area contributed by atoms with Crippen LogP contribution in [0.25, 0.3) is 21.7 Å². The Kier molecular flexibility index (Phi) is 4.24. The minimum Gasteiger partial charge on any atom is -0.359 e. The molecule has 1 atom stereocenters. The van der Waals surface area contributed by atoms with Gasteiger partial charge in [-0.2, -0.15) is 0 Å². The number of hydrogen-bond donors (Lipinski definition) is 2. The summed E-state index contributed by atoms with van der Waals surface area (Å²) in [5, 5.41) is 6.59. The third kappa shape index (κ3) is 3.03. The standard InChI is InChI=1S/C22H21FN2/c1-24-10-9-20(17-7-6-15-4-2-3-5-16(15)12-17)19-13-18-8-11-25-22(18)21(23)14-19/h2-8,11-14,20,24-25H,9-10H2,1H3. The highest BCUT2D eigenvalue weighted by molar-refractivity contribution is 5.84. The molecule has 0 spiro atoms. The van der Waals surface area contributed by atoms with Crippen LogP contribution in [-0.2, 0) is 0 Å². The Bertz CT molecular complexity index is 1020. The Hall–Kier alpha value is -2.65. The molecule has 2 N–H and O–H groups in total. The van der Waals surface area contributed by atoms with Gasteiger partial charge in [0.1, 0.15) is 5.82 Å². The normalized spacial score (nSPS) is 12.7. The first-order valence-corrected chi connectivity index (χ1v) is 8.66. The fourth-order valence-corrected chi connectivity index (χ4v) is 3.59. The fraction of sp³-hybridized carbons (Fsp3) is 0.182. The Morgan fingerprint density at radius 2 is 1.72 bits per heavy atom. The van der Waals surface area contributed by atoms with Crippen molar-refractivity contribution >= 4 is 21.7 Å². The molecule has 0 fully saturated rings. The van der Waals surface area contributed by atoms with Gasteiger partial charge in [-0.15, -0.1) is 0 Å². The van der Waals surface area contributed by atoms with E-state index in [4.69, 9.17) is 0 Å². The number of nitrogens with one attached hydrogen (secondary N) is 2. The summed E-state index contributed by atoms with van der Waals surface area (Å²) in [6.07, 6.45) is 2.71. The van der Waals surface area contributed by atoms with Gasteiger partial charge in [0.15, 0.2) is 0 Å². The minimum atomic E-state index is -0.187. The third-order valence-electron chi connectivity index (χ3n) is 4.89. The number of aromatic amines is 1. The number of halogens is 1. The van der Waals surface area contributed by atoms with Gasteiger partial charge in [-0.1, -0.05) is 42.5 Å². The molecule has 0 saturated carbocycles. The van der Waals surface area contributed by atoms with E-state index in [0.717, 1.165) is 23.9 Å². The molecule has 1 unspecified atom stereocenters. The van der Waals surface area contributed by atoms with Gasteiger partial charge in [0.2, 0.25) is 0 Å². The molecule has 4 rings (SSSR count). The number of rotatable bonds is 5.